The second-order valence-corrected chi connectivity index (χ2v) is 8.78. The number of hydrogen-bond donors (Lipinski definition) is 1. The van der Waals surface area contributed by atoms with Gasteiger partial charge < -0.3 is 10.1 Å². The smallest absolute Gasteiger partial charge is 0.338 e. The Kier molecular flexibility index (Phi) is 6.21. The van der Waals surface area contributed by atoms with E-state index in [0.29, 0.717) is 11.5 Å². The maximum Gasteiger partial charge on any atom is 0.338 e. The van der Waals surface area contributed by atoms with Gasteiger partial charge in [-0.3, -0.25) is 4.79 Å². The van der Waals surface area contributed by atoms with Crippen molar-refractivity contribution < 1.29 is 22.7 Å². The van der Waals surface area contributed by atoms with Gasteiger partial charge in [0.2, 0.25) is 0 Å². The number of rotatable bonds is 5. The third-order valence-electron chi connectivity index (χ3n) is 4.65. The lowest BCUT2D eigenvalue weighted by Crippen LogP contribution is -2.42. The molecule has 6 nitrogen and oxygen atoms in total. The molecule has 138 valence electrons. The molecule has 7 heteroatoms. The van der Waals surface area contributed by atoms with E-state index in [0.717, 1.165) is 25.5 Å². The Morgan fingerprint density at radius 3 is 2.56 bits per heavy atom. The monoisotopic (exact) mass is 367 g/mol. The van der Waals surface area contributed by atoms with E-state index in [9.17, 15) is 18.0 Å². The predicted octanol–water partition coefficient (Wildman–Crippen LogP) is 2.25. The van der Waals surface area contributed by atoms with Crippen LogP contribution < -0.4 is 5.32 Å². The maximum absolute atomic E-state index is 12.2. The number of benzene rings is 1. The molecule has 0 bridgehead atoms. The molecular formula is C18H25NO5S. The molecular weight excluding hydrogens is 342 g/mol. The van der Waals surface area contributed by atoms with E-state index in [2.05, 4.69) is 12.2 Å². The second-order valence-electron chi connectivity index (χ2n) is 6.76. The maximum atomic E-state index is 12.2. The van der Waals surface area contributed by atoms with E-state index in [-0.39, 0.29) is 29.0 Å². The van der Waals surface area contributed by atoms with Crippen molar-refractivity contribution in [2.75, 3.05) is 12.9 Å². The zero-order valence-electron chi connectivity index (χ0n) is 14.9. The number of esters is 1. The van der Waals surface area contributed by atoms with Gasteiger partial charge in [-0.2, -0.15) is 0 Å². The fourth-order valence-corrected chi connectivity index (χ4v) is 3.69. The van der Waals surface area contributed by atoms with Crippen molar-refractivity contribution in [3.05, 3.63) is 29.3 Å². The van der Waals surface area contributed by atoms with Crippen molar-refractivity contribution in [3.63, 3.8) is 0 Å². The summed E-state index contributed by atoms with van der Waals surface area (Å²) in [5.74, 6) is -0.610. The summed E-state index contributed by atoms with van der Waals surface area (Å²) in [6.07, 6.45) is 5.37. The van der Waals surface area contributed by atoms with Gasteiger partial charge in [0, 0.05) is 12.3 Å². The molecule has 0 spiro atoms. The highest BCUT2D eigenvalue weighted by Gasteiger charge is 2.23. The number of hydrogen-bond acceptors (Lipinski definition) is 5. The summed E-state index contributed by atoms with van der Waals surface area (Å²) < 4.78 is 28.3. The molecule has 1 aromatic carbocycles. The first-order valence-electron chi connectivity index (χ1n) is 8.45. The topological polar surface area (TPSA) is 89.5 Å². The SMILES string of the molecule is Cc1ccc(S(C)(=O)=O)cc1C(=O)OCC(=O)N[C@@H]1CCCC[C@@H]1C. The molecule has 0 aliphatic heterocycles. The quantitative estimate of drug-likeness (QED) is 0.806. The summed E-state index contributed by atoms with van der Waals surface area (Å²) in [5.41, 5.74) is 0.750. The summed E-state index contributed by atoms with van der Waals surface area (Å²) in [6, 6.07) is 4.40. The number of aryl methyl sites for hydroxylation is 1. The number of nitrogens with one attached hydrogen (secondary N) is 1. The highest BCUT2D eigenvalue weighted by atomic mass is 32.2. The second kappa shape index (κ2) is 7.99. The highest BCUT2D eigenvalue weighted by Crippen LogP contribution is 2.23. The minimum atomic E-state index is -3.42. The van der Waals surface area contributed by atoms with Gasteiger partial charge in [0.05, 0.1) is 10.5 Å². The lowest BCUT2D eigenvalue weighted by molar-refractivity contribution is -0.125. The Labute approximate surface area is 148 Å². The Morgan fingerprint density at radius 2 is 1.92 bits per heavy atom. The Balaban J connectivity index is 1.97. The summed E-state index contributed by atoms with van der Waals surface area (Å²) in [5, 5.41) is 2.91. The molecule has 0 saturated heterocycles. The Hall–Kier alpha value is -1.89. The minimum Gasteiger partial charge on any atom is -0.452 e. The average Bonchev–Trinajstić information content (AvgIpc) is 2.54. The summed E-state index contributed by atoms with van der Waals surface area (Å²) in [6.45, 7) is 3.42. The van der Waals surface area contributed by atoms with Crippen LogP contribution in [0, 0.1) is 12.8 Å². The Bertz CT molecular complexity index is 757. The van der Waals surface area contributed by atoms with Crippen molar-refractivity contribution >= 4 is 21.7 Å². The summed E-state index contributed by atoms with van der Waals surface area (Å²) in [4.78, 5) is 24.3. The van der Waals surface area contributed by atoms with Crippen LogP contribution in [0.25, 0.3) is 0 Å². The minimum absolute atomic E-state index is 0.0468. The largest absolute Gasteiger partial charge is 0.452 e. The summed E-state index contributed by atoms with van der Waals surface area (Å²) >= 11 is 0. The lowest BCUT2D eigenvalue weighted by atomic mass is 9.86. The zero-order chi connectivity index (χ0) is 18.6. The molecule has 0 unspecified atom stereocenters. The van der Waals surface area contributed by atoms with Crippen LogP contribution in [-0.2, 0) is 19.4 Å². The third-order valence-corrected chi connectivity index (χ3v) is 5.76. The number of sulfone groups is 1. The van der Waals surface area contributed by atoms with Crippen LogP contribution >= 0.6 is 0 Å². The van der Waals surface area contributed by atoms with E-state index in [1.165, 1.54) is 18.6 Å². The predicted molar refractivity (Wildman–Crippen MR) is 94.1 cm³/mol. The number of ether oxygens (including phenoxy) is 1. The molecule has 0 aromatic heterocycles. The molecule has 1 aliphatic carbocycles. The molecule has 2 atom stereocenters. The van der Waals surface area contributed by atoms with Crippen molar-refractivity contribution in [2.24, 2.45) is 5.92 Å². The summed E-state index contributed by atoms with van der Waals surface area (Å²) in [7, 11) is -3.42. The molecule has 1 aromatic rings. The van der Waals surface area contributed by atoms with E-state index < -0.39 is 15.8 Å². The van der Waals surface area contributed by atoms with Gasteiger partial charge in [-0.25, -0.2) is 13.2 Å². The van der Waals surface area contributed by atoms with E-state index >= 15 is 0 Å². The van der Waals surface area contributed by atoms with Gasteiger partial charge in [0.1, 0.15) is 0 Å². The molecule has 2 rings (SSSR count). The average molecular weight is 367 g/mol. The van der Waals surface area contributed by atoms with Gasteiger partial charge in [0.25, 0.3) is 5.91 Å². The van der Waals surface area contributed by atoms with Crippen molar-refractivity contribution in [1.29, 1.82) is 0 Å². The fourth-order valence-electron chi connectivity index (χ4n) is 3.04. The lowest BCUT2D eigenvalue weighted by Gasteiger charge is -2.29. The molecule has 1 amide bonds. The third kappa shape index (κ3) is 5.29. The van der Waals surface area contributed by atoms with Crippen LogP contribution in [0.5, 0.6) is 0 Å². The molecule has 0 heterocycles. The zero-order valence-corrected chi connectivity index (χ0v) is 15.7. The fraction of sp³-hybridized carbons (Fsp3) is 0.556. The van der Waals surface area contributed by atoms with Crippen LogP contribution in [0.15, 0.2) is 23.1 Å². The first kappa shape index (κ1) is 19.4. The van der Waals surface area contributed by atoms with Crippen LogP contribution in [0.4, 0.5) is 0 Å². The van der Waals surface area contributed by atoms with Gasteiger partial charge in [-0.15, -0.1) is 0 Å². The molecule has 1 N–H and O–H groups in total. The van der Waals surface area contributed by atoms with Crippen LogP contribution in [0.3, 0.4) is 0 Å². The first-order valence-corrected chi connectivity index (χ1v) is 10.3. The first-order chi connectivity index (χ1) is 11.7. The van der Waals surface area contributed by atoms with E-state index in [4.69, 9.17) is 4.74 Å². The molecule has 1 fully saturated rings. The van der Waals surface area contributed by atoms with Crippen molar-refractivity contribution in [1.82, 2.24) is 5.32 Å². The van der Waals surface area contributed by atoms with Crippen LogP contribution in [0.1, 0.15) is 48.5 Å². The van der Waals surface area contributed by atoms with Gasteiger partial charge >= 0.3 is 5.97 Å². The molecule has 1 saturated carbocycles. The molecule has 1 aliphatic rings. The highest BCUT2D eigenvalue weighted by molar-refractivity contribution is 7.90. The van der Waals surface area contributed by atoms with Crippen molar-refractivity contribution in [3.8, 4) is 0 Å². The van der Waals surface area contributed by atoms with E-state index in [1.807, 2.05) is 0 Å². The number of carbonyl (C=O) groups excluding carboxylic acids is 2. The van der Waals surface area contributed by atoms with E-state index in [1.54, 1.807) is 13.0 Å². The standard InChI is InChI=1S/C18H25NO5S/c1-12-8-9-14(25(3,22)23)10-15(12)18(21)24-11-17(20)19-16-7-5-4-6-13(16)2/h8-10,13,16H,4-7,11H2,1-3H3,(H,19,20)/t13-,16+/m0/s1. The normalized spacial score (nSPS) is 20.8. The number of carbonyl (C=O) groups is 2. The Morgan fingerprint density at radius 1 is 1.24 bits per heavy atom. The molecule has 0 radical (unpaired) electrons. The van der Waals surface area contributed by atoms with Crippen LogP contribution in [0.2, 0.25) is 0 Å². The van der Waals surface area contributed by atoms with Crippen LogP contribution in [-0.4, -0.2) is 39.2 Å². The van der Waals surface area contributed by atoms with Gasteiger partial charge in [0.15, 0.2) is 16.4 Å². The molecule has 25 heavy (non-hydrogen) atoms. The van der Waals surface area contributed by atoms with Gasteiger partial charge in [-0.1, -0.05) is 25.8 Å². The number of amides is 1. The van der Waals surface area contributed by atoms with Crippen molar-refractivity contribution in [2.45, 2.75) is 50.5 Å². The van der Waals surface area contributed by atoms with Gasteiger partial charge in [-0.05, 0) is 43.4 Å².